The van der Waals surface area contributed by atoms with Crippen LogP contribution in [0.3, 0.4) is 0 Å². The van der Waals surface area contributed by atoms with Crippen LogP contribution in [0.15, 0.2) is 65.3 Å². The highest BCUT2D eigenvalue weighted by Gasteiger charge is 2.17. The maximum atomic E-state index is 5.83. The summed E-state index contributed by atoms with van der Waals surface area (Å²) in [4.78, 5) is 4.30. The van der Waals surface area contributed by atoms with Crippen molar-refractivity contribution in [3.05, 3.63) is 70.8 Å². The number of methoxy groups -OCH3 is 2. The quantitative estimate of drug-likeness (QED) is 0.577. The van der Waals surface area contributed by atoms with E-state index in [0.29, 0.717) is 18.2 Å². The van der Waals surface area contributed by atoms with Gasteiger partial charge in [0.15, 0.2) is 0 Å². The second-order valence-electron chi connectivity index (χ2n) is 5.32. The molecule has 0 spiro atoms. The molecule has 3 aromatic rings. The minimum atomic E-state index is 0.512. The van der Waals surface area contributed by atoms with Crippen LogP contribution in [0.5, 0.6) is 17.4 Å². The van der Waals surface area contributed by atoms with Crippen molar-refractivity contribution in [2.45, 2.75) is 6.61 Å². The lowest BCUT2D eigenvalue weighted by Crippen LogP contribution is -1.97. The number of rotatable bonds is 6. The SMILES string of the molecule is COc1ncc(Br)c(OC)c1-c1ccc(OCc2ccccc2)cc1. The highest BCUT2D eigenvalue weighted by atomic mass is 79.9. The predicted molar refractivity (Wildman–Crippen MR) is 101 cm³/mol. The molecule has 0 aliphatic heterocycles. The van der Waals surface area contributed by atoms with E-state index < -0.39 is 0 Å². The Morgan fingerprint density at radius 1 is 0.920 bits per heavy atom. The Bertz CT molecular complexity index is 836. The lowest BCUT2D eigenvalue weighted by atomic mass is 10.1. The van der Waals surface area contributed by atoms with Crippen molar-refractivity contribution in [3.63, 3.8) is 0 Å². The Morgan fingerprint density at radius 2 is 1.64 bits per heavy atom. The van der Waals surface area contributed by atoms with Gasteiger partial charge < -0.3 is 14.2 Å². The van der Waals surface area contributed by atoms with Gasteiger partial charge in [-0.1, -0.05) is 42.5 Å². The third-order valence-corrected chi connectivity index (χ3v) is 4.31. The van der Waals surface area contributed by atoms with Gasteiger partial charge in [-0.25, -0.2) is 4.98 Å². The molecule has 5 heteroatoms. The van der Waals surface area contributed by atoms with Crippen molar-refractivity contribution in [3.8, 4) is 28.5 Å². The van der Waals surface area contributed by atoms with Crippen molar-refractivity contribution in [1.82, 2.24) is 4.98 Å². The number of benzene rings is 2. The van der Waals surface area contributed by atoms with Crippen LogP contribution in [-0.4, -0.2) is 19.2 Å². The van der Waals surface area contributed by atoms with Gasteiger partial charge in [0.1, 0.15) is 18.1 Å². The van der Waals surface area contributed by atoms with Crippen molar-refractivity contribution in [1.29, 1.82) is 0 Å². The third kappa shape index (κ3) is 3.94. The summed E-state index contributed by atoms with van der Waals surface area (Å²) in [6, 6.07) is 17.9. The first-order valence-electron chi connectivity index (χ1n) is 7.76. The van der Waals surface area contributed by atoms with Crippen LogP contribution in [-0.2, 0) is 6.61 Å². The largest absolute Gasteiger partial charge is 0.495 e. The smallest absolute Gasteiger partial charge is 0.224 e. The van der Waals surface area contributed by atoms with Crippen molar-refractivity contribution in [2.24, 2.45) is 0 Å². The Kier molecular flexibility index (Phi) is 5.56. The summed E-state index contributed by atoms with van der Waals surface area (Å²) in [5.74, 6) is 2.00. The number of pyridine rings is 1. The maximum Gasteiger partial charge on any atom is 0.224 e. The molecule has 0 aliphatic carbocycles. The van der Waals surface area contributed by atoms with E-state index in [0.717, 1.165) is 26.9 Å². The molecular formula is C20H18BrNO3. The van der Waals surface area contributed by atoms with Crippen molar-refractivity contribution in [2.75, 3.05) is 14.2 Å². The van der Waals surface area contributed by atoms with Gasteiger partial charge >= 0.3 is 0 Å². The first kappa shape index (κ1) is 17.3. The molecule has 0 aliphatic rings. The molecule has 1 heterocycles. The first-order chi connectivity index (χ1) is 12.2. The Labute approximate surface area is 155 Å². The summed E-state index contributed by atoms with van der Waals surface area (Å²) in [7, 11) is 3.22. The van der Waals surface area contributed by atoms with E-state index in [1.165, 1.54) is 0 Å². The van der Waals surface area contributed by atoms with Crippen LogP contribution in [0.25, 0.3) is 11.1 Å². The van der Waals surface area contributed by atoms with Gasteiger partial charge in [0, 0.05) is 6.20 Å². The molecule has 0 unspecified atom stereocenters. The fourth-order valence-corrected chi connectivity index (χ4v) is 2.99. The lowest BCUT2D eigenvalue weighted by Gasteiger charge is -2.14. The van der Waals surface area contributed by atoms with E-state index in [9.17, 15) is 0 Å². The van der Waals surface area contributed by atoms with Crippen LogP contribution < -0.4 is 14.2 Å². The fourth-order valence-electron chi connectivity index (χ4n) is 2.52. The second kappa shape index (κ2) is 8.03. The number of aromatic nitrogens is 1. The maximum absolute atomic E-state index is 5.83. The van der Waals surface area contributed by atoms with Gasteiger partial charge in [0.25, 0.3) is 0 Å². The Morgan fingerprint density at radius 3 is 2.28 bits per heavy atom. The van der Waals surface area contributed by atoms with Gasteiger partial charge in [0.2, 0.25) is 5.88 Å². The molecule has 0 N–H and O–H groups in total. The summed E-state index contributed by atoms with van der Waals surface area (Å²) in [6.07, 6.45) is 1.67. The zero-order chi connectivity index (χ0) is 17.6. The fraction of sp³-hybridized carbons (Fsp3) is 0.150. The average Bonchev–Trinajstić information content (AvgIpc) is 2.67. The standard InChI is InChI=1S/C20H18BrNO3/c1-23-19-17(21)12-22-20(24-2)18(19)15-8-10-16(11-9-15)25-13-14-6-4-3-5-7-14/h3-12H,13H2,1-2H3. The van der Waals surface area contributed by atoms with Crippen molar-refractivity contribution >= 4 is 15.9 Å². The highest BCUT2D eigenvalue weighted by Crippen LogP contribution is 2.41. The molecule has 0 saturated heterocycles. The molecule has 1 aromatic heterocycles. The molecule has 4 nitrogen and oxygen atoms in total. The molecule has 3 rings (SSSR count). The number of ether oxygens (including phenoxy) is 3. The summed E-state index contributed by atoms with van der Waals surface area (Å²) >= 11 is 3.47. The van der Waals surface area contributed by atoms with Crippen molar-refractivity contribution < 1.29 is 14.2 Å². The zero-order valence-corrected chi connectivity index (χ0v) is 15.6. The van der Waals surface area contributed by atoms with Crippen LogP contribution in [0.2, 0.25) is 0 Å². The second-order valence-corrected chi connectivity index (χ2v) is 6.18. The van der Waals surface area contributed by atoms with E-state index in [2.05, 4.69) is 20.9 Å². The Hall–Kier alpha value is -2.53. The predicted octanol–water partition coefficient (Wildman–Crippen LogP) is 5.11. The third-order valence-electron chi connectivity index (χ3n) is 3.74. The van der Waals surface area contributed by atoms with Crippen LogP contribution >= 0.6 is 15.9 Å². The first-order valence-corrected chi connectivity index (χ1v) is 8.56. The van der Waals surface area contributed by atoms with E-state index in [4.69, 9.17) is 14.2 Å². The lowest BCUT2D eigenvalue weighted by molar-refractivity contribution is 0.306. The normalized spacial score (nSPS) is 10.4. The molecule has 2 aromatic carbocycles. The molecule has 0 atom stereocenters. The van der Waals surface area contributed by atoms with Crippen LogP contribution in [0, 0.1) is 0 Å². The van der Waals surface area contributed by atoms with Gasteiger partial charge in [-0.3, -0.25) is 0 Å². The van der Waals surface area contributed by atoms with Crippen LogP contribution in [0.4, 0.5) is 0 Å². The van der Waals surface area contributed by atoms with Crippen LogP contribution in [0.1, 0.15) is 5.56 Å². The number of nitrogens with zero attached hydrogens (tertiary/aromatic N) is 1. The number of hydrogen-bond donors (Lipinski definition) is 0. The van der Waals surface area contributed by atoms with Gasteiger partial charge in [-0.05, 0) is 39.2 Å². The molecule has 0 bridgehead atoms. The minimum absolute atomic E-state index is 0.512. The summed E-state index contributed by atoms with van der Waals surface area (Å²) in [5.41, 5.74) is 2.87. The monoisotopic (exact) mass is 399 g/mol. The van der Waals surface area contributed by atoms with E-state index in [1.54, 1.807) is 20.4 Å². The topological polar surface area (TPSA) is 40.6 Å². The van der Waals surface area contributed by atoms with Gasteiger partial charge in [0.05, 0.1) is 24.3 Å². The minimum Gasteiger partial charge on any atom is -0.495 e. The number of halogens is 1. The summed E-state index contributed by atoms with van der Waals surface area (Å²) < 4.78 is 17.5. The average molecular weight is 400 g/mol. The van der Waals surface area contributed by atoms with Gasteiger partial charge in [-0.15, -0.1) is 0 Å². The molecule has 0 amide bonds. The van der Waals surface area contributed by atoms with E-state index in [-0.39, 0.29) is 0 Å². The molecule has 25 heavy (non-hydrogen) atoms. The summed E-state index contributed by atoms with van der Waals surface area (Å²) in [6.45, 7) is 0.533. The summed E-state index contributed by atoms with van der Waals surface area (Å²) in [5, 5.41) is 0. The molecule has 128 valence electrons. The zero-order valence-electron chi connectivity index (χ0n) is 14.0. The molecule has 0 fully saturated rings. The Balaban J connectivity index is 1.84. The van der Waals surface area contributed by atoms with Gasteiger partial charge in [-0.2, -0.15) is 0 Å². The number of hydrogen-bond acceptors (Lipinski definition) is 4. The molecule has 0 radical (unpaired) electrons. The van der Waals surface area contributed by atoms with E-state index in [1.807, 2.05) is 54.6 Å². The molecular weight excluding hydrogens is 382 g/mol. The van der Waals surface area contributed by atoms with E-state index >= 15 is 0 Å². The highest BCUT2D eigenvalue weighted by molar-refractivity contribution is 9.10. The molecule has 0 saturated carbocycles.